The Morgan fingerprint density at radius 3 is 2.73 bits per heavy atom. The van der Waals surface area contributed by atoms with E-state index >= 15 is 0 Å². The third kappa shape index (κ3) is 4.68. The summed E-state index contributed by atoms with van der Waals surface area (Å²) in [5.41, 5.74) is 3.32. The van der Waals surface area contributed by atoms with Gasteiger partial charge in [0.05, 0.1) is 17.9 Å². The summed E-state index contributed by atoms with van der Waals surface area (Å²) >= 11 is 1.65. The summed E-state index contributed by atoms with van der Waals surface area (Å²) in [6, 6.07) is 18.0. The molecule has 5 rings (SSSR count). The van der Waals surface area contributed by atoms with Crippen LogP contribution >= 0.6 is 11.3 Å². The van der Waals surface area contributed by atoms with Crippen LogP contribution in [0, 0.1) is 5.92 Å². The number of hydrogen-bond donors (Lipinski definition) is 1. The number of hydrogen-bond acceptors (Lipinski definition) is 7. The molecule has 0 spiro atoms. The van der Waals surface area contributed by atoms with E-state index in [0.717, 1.165) is 45.9 Å². The van der Waals surface area contributed by atoms with Gasteiger partial charge in [0, 0.05) is 10.6 Å². The van der Waals surface area contributed by atoms with Crippen molar-refractivity contribution < 1.29 is 14.3 Å². The summed E-state index contributed by atoms with van der Waals surface area (Å²) in [5, 5.41) is 4.51. The number of esters is 1. The van der Waals surface area contributed by atoms with E-state index in [1.807, 2.05) is 61.5 Å². The van der Waals surface area contributed by atoms with Crippen LogP contribution in [0.25, 0.3) is 10.2 Å². The number of nitrogens with zero attached hydrogens (tertiary/aromatic N) is 2. The Morgan fingerprint density at radius 2 is 1.94 bits per heavy atom. The molecule has 1 aliphatic carbocycles. The molecule has 1 unspecified atom stereocenters. The van der Waals surface area contributed by atoms with Crippen molar-refractivity contribution in [3.63, 3.8) is 0 Å². The van der Waals surface area contributed by atoms with Crippen LogP contribution < -0.4 is 10.1 Å². The Hall–Kier alpha value is -3.45. The second-order valence-corrected chi connectivity index (χ2v) is 9.11. The number of carbonyl (C=O) groups is 1. The number of nitrogens with one attached hydrogen (secondary N) is 1. The zero-order chi connectivity index (χ0) is 22.6. The first-order valence-corrected chi connectivity index (χ1v) is 12.0. The quantitative estimate of drug-likeness (QED) is 0.358. The lowest BCUT2D eigenvalue weighted by atomic mass is 9.88. The minimum Gasteiger partial charge on any atom is -0.489 e. The van der Waals surface area contributed by atoms with Gasteiger partial charge < -0.3 is 14.8 Å². The Morgan fingerprint density at radius 1 is 1.12 bits per heavy atom. The molecule has 0 radical (unpaired) electrons. The molecular formula is C26H25N3O3S. The van der Waals surface area contributed by atoms with E-state index in [-0.39, 0.29) is 11.9 Å². The molecule has 0 aliphatic heterocycles. The number of aryl methyl sites for hydroxylation is 1. The van der Waals surface area contributed by atoms with Crippen molar-refractivity contribution in [2.45, 2.75) is 32.8 Å². The van der Waals surface area contributed by atoms with E-state index < -0.39 is 0 Å². The van der Waals surface area contributed by atoms with Crippen LogP contribution in [-0.4, -0.2) is 22.5 Å². The molecule has 7 heteroatoms. The van der Waals surface area contributed by atoms with Crippen molar-refractivity contribution in [3.05, 3.63) is 76.9 Å². The first kappa shape index (κ1) is 21.4. The van der Waals surface area contributed by atoms with E-state index in [2.05, 4.69) is 15.3 Å². The normalized spacial score (nSPS) is 15.1. The first-order valence-electron chi connectivity index (χ1n) is 11.2. The number of benzene rings is 2. The zero-order valence-electron chi connectivity index (χ0n) is 18.4. The van der Waals surface area contributed by atoms with Gasteiger partial charge in [0.1, 0.15) is 29.3 Å². The standard InChI is InChI=1S/C26H25N3O3S/c1-2-31-26(30)18-8-13-21-22(14-18)33-25-23(21)24(27-16-28-25)29-19-9-11-20(12-10-19)32-15-17-6-4-3-5-7-17/h3-7,9-12,16,18H,2,8,13-15H2,1H3,(H,27,28,29). The summed E-state index contributed by atoms with van der Waals surface area (Å²) in [7, 11) is 0. The zero-order valence-corrected chi connectivity index (χ0v) is 19.2. The number of rotatable bonds is 7. The van der Waals surface area contributed by atoms with Gasteiger partial charge >= 0.3 is 5.97 Å². The lowest BCUT2D eigenvalue weighted by molar-refractivity contribution is -0.148. The molecule has 1 atom stereocenters. The molecule has 0 amide bonds. The minimum atomic E-state index is -0.0976. The maximum absolute atomic E-state index is 12.2. The summed E-state index contributed by atoms with van der Waals surface area (Å²) in [4.78, 5) is 23.4. The Balaban J connectivity index is 1.32. The van der Waals surface area contributed by atoms with Crippen LogP contribution in [0.5, 0.6) is 5.75 Å². The highest BCUT2D eigenvalue weighted by Crippen LogP contribution is 2.40. The van der Waals surface area contributed by atoms with Gasteiger partial charge in [0.25, 0.3) is 0 Å². The average molecular weight is 460 g/mol. The number of ether oxygens (including phenoxy) is 2. The molecule has 0 bridgehead atoms. The van der Waals surface area contributed by atoms with Gasteiger partial charge in [-0.2, -0.15) is 0 Å². The van der Waals surface area contributed by atoms with Crippen LogP contribution in [0.3, 0.4) is 0 Å². The highest BCUT2D eigenvalue weighted by molar-refractivity contribution is 7.19. The third-order valence-electron chi connectivity index (χ3n) is 5.83. The Bertz CT molecular complexity index is 1260. The lowest BCUT2D eigenvalue weighted by Gasteiger charge is -2.20. The van der Waals surface area contributed by atoms with Crippen molar-refractivity contribution >= 4 is 39.0 Å². The van der Waals surface area contributed by atoms with Crippen LogP contribution in [0.2, 0.25) is 0 Å². The smallest absolute Gasteiger partial charge is 0.309 e. The molecule has 2 aromatic heterocycles. The van der Waals surface area contributed by atoms with E-state index in [1.54, 1.807) is 17.7 Å². The van der Waals surface area contributed by atoms with Gasteiger partial charge in [-0.25, -0.2) is 9.97 Å². The molecule has 1 N–H and O–H groups in total. The number of fused-ring (bicyclic) bond motifs is 3. The SMILES string of the molecule is CCOC(=O)C1CCc2c(sc3ncnc(Nc4ccc(OCc5ccccc5)cc4)c23)C1. The van der Waals surface area contributed by atoms with E-state index in [4.69, 9.17) is 9.47 Å². The summed E-state index contributed by atoms with van der Waals surface area (Å²) < 4.78 is 11.1. The molecule has 2 heterocycles. The summed E-state index contributed by atoms with van der Waals surface area (Å²) in [6.45, 7) is 2.80. The monoisotopic (exact) mass is 459 g/mol. The van der Waals surface area contributed by atoms with E-state index in [0.29, 0.717) is 19.6 Å². The van der Waals surface area contributed by atoms with Gasteiger partial charge in [-0.3, -0.25) is 4.79 Å². The third-order valence-corrected chi connectivity index (χ3v) is 6.99. The number of aromatic nitrogens is 2. The second-order valence-electron chi connectivity index (χ2n) is 8.02. The summed E-state index contributed by atoms with van der Waals surface area (Å²) in [5.74, 6) is 1.44. The molecule has 33 heavy (non-hydrogen) atoms. The van der Waals surface area contributed by atoms with Crippen molar-refractivity contribution in [1.29, 1.82) is 0 Å². The number of anilines is 2. The molecule has 0 fully saturated rings. The van der Waals surface area contributed by atoms with Crippen molar-refractivity contribution in [2.75, 3.05) is 11.9 Å². The molecule has 6 nitrogen and oxygen atoms in total. The average Bonchev–Trinajstić information content (AvgIpc) is 3.23. The highest BCUT2D eigenvalue weighted by Gasteiger charge is 2.29. The fraction of sp³-hybridized carbons (Fsp3) is 0.269. The molecule has 168 valence electrons. The topological polar surface area (TPSA) is 73.3 Å². The van der Waals surface area contributed by atoms with Crippen LogP contribution in [0.15, 0.2) is 60.9 Å². The minimum absolute atomic E-state index is 0.0710. The van der Waals surface area contributed by atoms with Gasteiger partial charge in [-0.15, -0.1) is 11.3 Å². The van der Waals surface area contributed by atoms with E-state index in [9.17, 15) is 4.79 Å². The maximum Gasteiger partial charge on any atom is 0.309 e. The largest absolute Gasteiger partial charge is 0.489 e. The van der Waals surface area contributed by atoms with E-state index in [1.165, 1.54) is 10.4 Å². The van der Waals surface area contributed by atoms with Gasteiger partial charge in [-0.05, 0) is 61.6 Å². The molecule has 0 saturated heterocycles. The van der Waals surface area contributed by atoms with Crippen LogP contribution in [0.1, 0.15) is 29.3 Å². The fourth-order valence-electron chi connectivity index (χ4n) is 4.18. The van der Waals surface area contributed by atoms with Crippen molar-refractivity contribution in [3.8, 4) is 5.75 Å². The van der Waals surface area contributed by atoms with Crippen LogP contribution in [-0.2, 0) is 29.0 Å². The maximum atomic E-state index is 12.2. The lowest BCUT2D eigenvalue weighted by Crippen LogP contribution is -2.23. The molecule has 1 aliphatic rings. The summed E-state index contributed by atoms with van der Waals surface area (Å²) in [6.07, 6.45) is 3.92. The molecule has 2 aromatic carbocycles. The predicted octanol–water partition coefficient (Wildman–Crippen LogP) is 5.68. The molecule has 4 aromatic rings. The molecular weight excluding hydrogens is 434 g/mol. The predicted molar refractivity (Wildman–Crippen MR) is 130 cm³/mol. The highest BCUT2D eigenvalue weighted by atomic mass is 32.1. The first-order chi connectivity index (χ1) is 16.2. The van der Waals surface area contributed by atoms with Crippen molar-refractivity contribution in [2.24, 2.45) is 5.92 Å². The Kier molecular flexibility index (Phi) is 6.21. The molecule has 0 saturated carbocycles. The van der Waals surface area contributed by atoms with Gasteiger partial charge in [0.2, 0.25) is 0 Å². The van der Waals surface area contributed by atoms with Gasteiger partial charge in [0.15, 0.2) is 0 Å². The van der Waals surface area contributed by atoms with Gasteiger partial charge in [-0.1, -0.05) is 30.3 Å². The van der Waals surface area contributed by atoms with Crippen LogP contribution in [0.4, 0.5) is 11.5 Å². The Labute approximate surface area is 196 Å². The second kappa shape index (κ2) is 9.58. The number of carbonyl (C=O) groups excluding carboxylic acids is 1. The van der Waals surface area contributed by atoms with Crippen molar-refractivity contribution in [1.82, 2.24) is 9.97 Å². The number of thiophene rings is 1. The fourth-order valence-corrected chi connectivity index (χ4v) is 5.45.